The maximum Gasteiger partial charge on any atom is 0.133 e. The van der Waals surface area contributed by atoms with Crippen molar-refractivity contribution in [1.29, 1.82) is 0 Å². The van der Waals surface area contributed by atoms with E-state index in [4.69, 9.17) is 0 Å². The van der Waals surface area contributed by atoms with Gasteiger partial charge in [-0.1, -0.05) is 20.8 Å². The van der Waals surface area contributed by atoms with Gasteiger partial charge in [-0.05, 0) is 41.7 Å². The molecule has 1 N–H and O–H groups in total. The lowest BCUT2D eigenvalue weighted by Crippen LogP contribution is -2.36. The fraction of sp³-hybridized carbons (Fsp3) is 0.692. The molecule has 2 atom stereocenters. The van der Waals surface area contributed by atoms with Gasteiger partial charge in [0.15, 0.2) is 0 Å². The van der Waals surface area contributed by atoms with Gasteiger partial charge in [0.25, 0.3) is 0 Å². The average Bonchev–Trinajstić information content (AvgIpc) is 2.29. The van der Waals surface area contributed by atoms with Crippen molar-refractivity contribution < 1.29 is 0 Å². The highest BCUT2D eigenvalue weighted by Gasteiger charge is 2.24. The zero-order chi connectivity index (χ0) is 12.8. The van der Waals surface area contributed by atoms with Gasteiger partial charge in [0.1, 0.15) is 5.82 Å². The summed E-state index contributed by atoms with van der Waals surface area (Å²) in [6, 6.07) is 0.399. The van der Waals surface area contributed by atoms with E-state index in [0.29, 0.717) is 17.9 Å². The third kappa shape index (κ3) is 4.36. The molecule has 1 rings (SSSR count). The number of hydrogen-bond donors (Lipinski definition) is 1. The Morgan fingerprint density at radius 1 is 1.24 bits per heavy atom. The summed E-state index contributed by atoms with van der Waals surface area (Å²) in [5.41, 5.74) is 0. The monoisotopic (exact) mass is 299 g/mol. The molecule has 0 bridgehead atoms. The predicted molar refractivity (Wildman–Crippen MR) is 75.1 cm³/mol. The summed E-state index contributed by atoms with van der Waals surface area (Å²) in [7, 11) is 0. The van der Waals surface area contributed by atoms with E-state index in [-0.39, 0.29) is 0 Å². The summed E-state index contributed by atoms with van der Waals surface area (Å²) in [5, 5.41) is 3.54. The fourth-order valence-corrected chi connectivity index (χ4v) is 2.30. The Hall–Kier alpha value is -0.480. The molecule has 0 aliphatic heterocycles. The molecular weight excluding hydrogens is 278 g/mol. The molecule has 0 spiro atoms. The normalized spacial score (nSPS) is 14.9. The lowest BCUT2D eigenvalue weighted by Gasteiger charge is -2.27. The number of rotatable bonds is 6. The summed E-state index contributed by atoms with van der Waals surface area (Å²) in [5.74, 6) is 1.81. The molecule has 1 heterocycles. The van der Waals surface area contributed by atoms with Crippen LogP contribution in [-0.4, -0.2) is 22.6 Å². The molecule has 0 aromatic carbocycles. The van der Waals surface area contributed by atoms with Crippen LogP contribution in [0.15, 0.2) is 16.9 Å². The first-order chi connectivity index (χ1) is 8.06. The molecule has 0 saturated carbocycles. The first kappa shape index (κ1) is 14.6. The molecule has 2 unspecified atom stereocenters. The quantitative estimate of drug-likeness (QED) is 0.875. The van der Waals surface area contributed by atoms with Gasteiger partial charge >= 0.3 is 0 Å². The van der Waals surface area contributed by atoms with E-state index in [0.717, 1.165) is 23.3 Å². The van der Waals surface area contributed by atoms with Crippen molar-refractivity contribution in [3.8, 4) is 0 Å². The third-order valence-corrected chi connectivity index (χ3v) is 3.32. The van der Waals surface area contributed by atoms with E-state index in [2.05, 4.69) is 58.9 Å². The van der Waals surface area contributed by atoms with Gasteiger partial charge in [0.2, 0.25) is 0 Å². The molecule has 0 aliphatic carbocycles. The van der Waals surface area contributed by atoms with E-state index in [1.807, 2.05) is 12.4 Å². The van der Waals surface area contributed by atoms with E-state index in [1.165, 1.54) is 0 Å². The SMILES string of the molecule is CCCNC(C)C(c1ncc(Br)cn1)C(C)C. The van der Waals surface area contributed by atoms with Gasteiger partial charge in [-0.15, -0.1) is 0 Å². The first-order valence-corrected chi connectivity index (χ1v) is 7.06. The van der Waals surface area contributed by atoms with E-state index in [9.17, 15) is 0 Å². The molecule has 0 fully saturated rings. The van der Waals surface area contributed by atoms with Crippen molar-refractivity contribution in [3.05, 3.63) is 22.7 Å². The molecule has 1 aromatic heterocycles. The van der Waals surface area contributed by atoms with Gasteiger partial charge in [-0.2, -0.15) is 0 Å². The maximum absolute atomic E-state index is 4.43. The van der Waals surface area contributed by atoms with E-state index < -0.39 is 0 Å². The summed E-state index contributed by atoms with van der Waals surface area (Å²) in [6.45, 7) is 9.88. The van der Waals surface area contributed by atoms with Crippen molar-refractivity contribution in [2.45, 2.75) is 46.1 Å². The Kier molecular flexibility index (Phi) is 6.06. The van der Waals surface area contributed by atoms with Crippen LogP contribution in [-0.2, 0) is 0 Å². The zero-order valence-electron chi connectivity index (χ0n) is 11.1. The summed E-state index contributed by atoms with van der Waals surface area (Å²) < 4.78 is 0.929. The Morgan fingerprint density at radius 3 is 2.29 bits per heavy atom. The number of aromatic nitrogens is 2. The smallest absolute Gasteiger partial charge is 0.133 e. The highest BCUT2D eigenvalue weighted by molar-refractivity contribution is 9.10. The Labute approximate surface area is 113 Å². The summed E-state index contributed by atoms with van der Waals surface area (Å²) >= 11 is 3.37. The molecule has 0 aliphatic rings. The molecule has 96 valence electrons. The second-order valence-corrected chi connectivity index (χ2v) is 5.69. The van der Waals surface area contributed by atoms with Crippen molar-refractivity contribution in [1.82, 2.24) is 15.3 Å². The highest BCUT2D eigenvalue weighted by atomic mass is 79.9. The Balaban J connectivity index is 2.81. The molecule has 4 heteroatoms. The molecule has 3 nitrogen and oxygen atoms in total. The van der Waals surface area contributed by atoms with Crippen molar-refractivity contribution in [2.75, 3.05) is 6.54 Å². The van der Waals surface area contributed by atoms with Crippen LogP contribution in [0.4, 0.5) is 0 Å². The minimum absolute atomic E-state index is 0.356. The fourth-order valence-electron chi connectivity index (χ4n) is 2.09. The summed E-state index contributed by atoms with van der Waals surface area (Å²) in [4.78, 5) is 8.86. The highest BCUT2D eigenvalue weighted by Crippen LogP contribution is 2.25. The minimum atomic E-state index is 0.356. The molecule has 1 aromatic rings. The standard InChI is InChI=1S/C13H22BrN3/c1-5-6-15-10(4)12(9(2)3)13-16-7-11(14)8-17-13/h7-10,12,15H,5-6H2,1-4H3. The van der Waals surface area contributed by atoms with Crippen LogP contribution in [0, 0.1) is 5.92 Å². The number of halogens is 1. The summed E-state index contributed by atoms with van der Waals surface area (Å²) in [6.07, 6.45) is 4.80. The van der Waals surface area contributed by atoms with Gasteiger partial charge in [-0.3, -0.25) is 0 Å². The van der Waals surface area contributed by atoms with Gasteiger partial charge in [0, 0.05) is 24.4 Å². The van der Waals surface area contributed by atoms with Crippen molar-refractivity contribution >= 4 is 15.9 Å². The van der Waals surface area contributed by atoms with Crippen LogP contribution in [0.1, 0.15) is 45.9 Å². The van der Waals surface area contributed by atoms with Crippen LogP contribution >= 0.6 is 15.9 Å². The minimum Gasteiger partial charge on any atom is -0.314 e. The Bertz CT molecular complexity index is 324. The lowest BCUT2D eigenvalue weighted by atomic mass is 9.88. The molecule has 17 heavy (non-hydrogen) atoms. The largest absolute Gasteiger partial charge is 0.314 e. The van der Waals surface area contributed by atoms with Crippen LogP contribution in [0.25, 0.3) is 0 Å². The second-order valence-electron chi connectivity index (χ2n) is 4.77. The molecular formula is C13H22BrN3. The van der Waals surface area contributed by atoms with Gasteiger partial charge < -0.3 is 5.32 Å². The van der Waals surface area contributed by atoms with Crippen LogP contribution in [0.5, 0.6) is 0 Å². The number of nitrogens with one attached hydrogen (secondary N) is 1. The average molecular weight is 300 g/mol. The van der Waals surface area contributed by atoms with Crippen LogP contribution in [0.2, 0.25) is 0 Å². The number of nitrogens with zero attached hydrogens (tertiary/aromatic N) is 2. The molecule has 0 amide bonds. The van der Waals surface area contributed by atoms with Gasteiger partial charge in [-0.25, -0.2) is 9.97 Å². The second kappa shape index (κ2) is 7.07. The molecule has 0 saturated heterocycles. The predicted octanol–water partition coefficient (Wildman–Crippen LogP) is 3.37. The van der Waals surface area contributed by atoms with E-state index >= 15 is 0 Å². The van der Waals surface area contributed by atoms with Crippen LogP contribution < -0.4 is 5.32 Å². The zero-order valence-corrected chi connectivity index (χ0v) is 12.7. The topological polar surface area (TPSA) is 37.8 Å². The lowest BCUT2D eigenvalue weighted by molar-refractivity contribution is 0.363. The van der Waals surface area contributed by atoms with Crippen molar-refractivity contribution in [3.63, 3.8) is 0 Å². The first-order valence-electron chi connectivity index (χ1n) is 6.27. The Morgan fingerprint density at radius 2 is 1.82 bits per heavy atom. The van der Waals surface area contributed by atoms with Gasteiger partial charge in [0.05, 0.1) is 4.47 Å². The molecule has 0 radical (unpaired) electrons. The number of hydrogen-bond acceptors (Lipinski definition) is 3. The van der Waals surface area contributed by atoms with Crippen LogP contribution in [0.3, 0.4) is 0 Å². The van der Waals surface area contributed by atoms with E-state index in [1.54, 1.807) is 0 Å². The third-order valence-electron chi connectivity index (χ3n) is 2.91. The van der Waals surface area contributed by atoms with Crippen molar-refractivity contribution in [2.24, 2.45) is 5.92 Å². The maximum atomic E-state index is 4.43.